The molecule has 3 heteroatoms. The third-order valence-electron chi connectivity index (χ3n) is 4.38. The van der Waals surface area contributed by atoms with Gasteiger partial charge in [-0.2, -0.15) is 0 Å². The number of nitrogens with zero attached hydrogens (tertiary/aromatic N) is 1. The van der Waals surface area contributed by atoms with Gasteiger partial charge in [-0.25, -0.2) is 0 Å². The van der Waals surface area contributed by atoms with Gasteiger partial charge < -0.3 is 9.64 Å². The van der Waals surface area contributed by atoms with E-state index in [0.717, 1.165) is 28.8 Å². The molecule has 2 aromatic carbocycles. The normalized spacial score (nSPS) is 17.2. The molecule has 0 aromatic heterocycles. The minimum Gasteiger partial charge on any atom is -0.377 e. The van der Waals surface area contributed by atoms with Crippen LogP contribution in [0.25, 0.3) is 0 Å². The van der Waals surface area contributed by atoms with Crippen LogP contribution in [0.5, 0.6) is 0 Å². The zero-order chi connectivity index (χ0) is 15.5. The second-order valence-electron chi connectivity index (χ2n) is 5.72. The van der Waals surface area contributed by atoms with Crippen molar-refractivity contribution >= 4 is 11.6 Å². The van der Waals surface area contributed by atoms with Crippen molar-refractivity contribution in [2.45, 2.75) is 25.9 Å². The smallest absolute Gasteiger partial charge is 0.231 e. The Morgan fingerprint density at radius 3 is 2.68 bits per heavy atom. The summed E-state index contributed by atoms with van der Waals surface area (Å²) in [6, 6.07) is 16.1. The number of fused-ring (bicyclic) bond motifs is 1. The average molecular weight is 295 g/mol. The molecule has 1 unspecified atom stereocenters. The summed E-state index contributed by atoms with van der Waals surface area (Å²) in [4.78, 5) is 14.7. The van der Waals surface area contributed by atoms with Crippen molar-refractivity contribution in [3.05, 3.63) is 65.2 Å². The molecule has 1 aliphatic heterocycles. The van der Waals surface area contributed by atoms with Gasteiger partial charge in [0.1, 0.15) is 0 Å². The quantitative estimate of drug-likeness (QED) is 0.865. The first-order chi connectivity index (χ1) is 10.7. The van der Waals surface area contributed by atoms with Gasteiger partial charge in [-0.1, -0.05) is 42.5 Å². The Morgan fingerprint density at radius 2 is 1.91 bits per heavy atom. The van der Waals surface area contributed by atoms with Gasteiger partial charge in [0.2, 0.25) is 5.91 Å². The molecule has 3 nitrogen and oxygen atoms in total. The van der Waals surface area contributed by atoms with Gasteiger partial charge in [-0.15, -0.1) is 0 Å². The highest BCUT2D eigenvalue weighted by molar-refractivity contribution is 5.96. The van der Waals surface area contributed by atoms with Gasteiger partial charge in [0.25, 0.3) is 0 Å². The van der Waals surface area contributed by atoms with Crippen molar-refractivity contribution in [1.82, 2.24) is 0 Å². The highest BCUT2D eigenvalue weighted by Gasteiger charge is 2.28. The van der Waals surface area contributed by atoms with Crippen LogP contribution in [0.4, 0.5) is 5.69 Å². The third-order valence-corrected chi connectivity index (χ3v) is 4.38. The summed E-state index contributed by atoms with van der Waals surface area (Å²) >= 11 is 0. The number of carbonyl (C=O) groups excluding carboxylic acids is 1. The number of carbonyl (C=O) groups is 1. The molecular weight excluding hydrogens is 274 g/mol. The number of anilines is 1. The second-order valence-corrected chi connectivity index (χ2v) is 5.72. The summed E-state index contributed by atoms with van der Waals surface area (Å²) in [5.74, 6) is 0.149. The lowest BCUT2D eigenvalue weighted by atomic mass is 9.97. The standard InChI is InChI=1S/C19H21NO2/c1-14-7-3-4-8-15(14)13-19(21)20-12-11-18(22-2)16-9-5-6-10-17(16)20/h3-10,18H,11-13H2,1-2H3. The summed E-state index contributed by atoms with van der Waals surface area (Å²) in [5.41, 5.74) is 4.35. The molecule has 114 valence electrons. The van der Waals surface area contributed by atoms with Gasteiger partial charge in [-0.3, -0.25) is 4.79 Å². The van der Waals surface area contributed by atoms with Crippen LogP contribution in [0.3, 0.4) is 0 Å². The van der Waals surface area contributed by atoms with E-state index in [9.17, 15) is 4.79 Å². The number of ether oxygens (including phenoxy) is 1. The lowest BCUT2D eigenvalue weighted by Crippen LogP contribution is -2.38. The number of amides is 1. The number of hydrogen-bond acceptors (Lipinski definition) is 2. The molecule has 22 heavy (non-hydrogen) atoms. The van der Waals surface area contributed by atoms with E-state index >= 15 is 0 Å². The van der Waals surface area contributed by atoms with Crippen molar-refractivity contribution in [3.8, 4) is 0 Å². The first-order valence-electron chi connectivity index (χ1n) is 7.67. The Kier molecular flexibility index (Phi) is 4.25. The van der Waals surface area contributed by atoms with E-state index in [-0.39, 0.29) is 12.0 Å². The first-order valence-corrected chi connectivity index (χ1v) is 7.67. The molecule has 1 aliphatic rings. The molecule has 0 saturated heterocycles. The first kappa shape index (κ1) is 14.8. The Morgan fingerprint density at radius 1 is 1.18 bits per heavy atom. The maximum Gasteiger partial charge on any atom is 0.231 e. The third kappa shape index (κ3) is 2.77. The van der Waals surface area contributed by atoms with E-state index in [1.165, 1.54) is 0 Å². The van der Waals surface area contributed by atoms with Crippen LogP contribution in [0, 0.1) is 6.92 Å². The Balaban J connectivity index is 1.86. The predicted octanol–water partition coefficient (Wildman–Crippen LogP) is 3.66. The summed E-state index contributed by atoms with van der Waals surface area (Å²) in [7, 11) is 1.73. The van der Waals surface area contributed by atoms with Crippen molar-refractivity contribution < 1.29 is 9.53 Å². The van der Waals surface area contributed by atoms with Gasteiger partial charge in [-0.05, 0) is 30.5 Å². The Hall–Kier alpha value is -2.13. The zero-order valence-corrected chi connectivity index (χ0v) is 13.1. The topological polar surface area (TPSA) is 29.5 Å². The van der Waals surface area contributed by atoms with E-state index < -0.39 is 0 Å². The molecule has 0 N–H and O–H groups in total. The van der Waals surface area contributed by atoms with Crippen molar-refractivity contribution in [3.63, 3.8) is 0 Å². The number of hydrogen-bond donors (Lipinski definition) is 0. The number of rotatable bonds is 3. The highest BCUT2D eigenvalue weighted by Crippen LogP contribution is 2.35. The van der Waals surface area contributed by atoms with Gasteiger partial charge in [0, 0.05) is 24.9 Å². The number of benzene rings is 2. The van der Waals surface area contributed by atoms with Crippen molar-refractivity contribution in [2.75, 3.05) is 18.6 Å². The van der Waals surface area contributed by atoms with Crippen LogP contribution in [-0.4, -0.2) is 19.6 Å². The summed E-state index contributed by atoms with van der Waals surface area (Å²) in [6.45, 7) is 2.76. The van der Waals surface area contributed by atoms with Crippen LogP contribution in [0.15, 0.2) is 48.5 Å². The molecule has 1 amide bonds. The molecule has 2 aromatic rings. The van der Waals surface area contributed by atoms with E-state index in [4.69, 9.17) is 4.74 Å². The minimum atomic E-state index is 0.0821. The van der Waals surface area contributed by atoms with Crippen LogP contribution < -0.4 is 4.90 Å². The van der Waals surface area contributed by atoms with E-state index in [1.807, 2.05) is 54.3 Å². The van der Waals surface area contributed by atoms with Crippen molar-refractivity contribution in [2.24, 2.45) is 0 Å². The zero-order valence-electron chi connectivity index (χ0n) is 13.1. The summed E-state index contributed by atoms with van der Waals surface area (Å²) < 4.78 is 5.55. The lowest BCUT2D eigenvalue weighted by Gasteiger charge is -2.33. The van der Waals surface area contributed by atoms with E-state index in [1.54, 1.807) is 7.11 Å². The lowest BCUT2D eigenvalue weighted by molar-refractivity contribution is -0.118. The monoisotopic (exact) mass is 295 g/mol. The highest BCUT2D eigenvalue weighted by atomic mass is 16.5. The van der Waals surface area contributed by atoms with Crippen LogP contribution in [0.2, 0.25) is 0 Å². The maximum atomic E-state index is 12.8. The van der Waals surface area contributed by atoms with Gasteiger partial charge in [0.15, 0.2) is 0 Å². The molecule has 1 heterocycles. The number of para-hydroxylation sites is 1. The predicted molar refractivity (Wildman–Crippen MR) is 88.0 cm³/mol. The molecule has 0 spiro atoms. The number of methoxy groups -OCH3 is 1. The summed E-state index contributed by atoms with van der Waals surface area (Å²) in [6.07, 6.45) is 1.37. The SMILES string of the molecule is COC1CCN(C(=O)Cc2ccccc2C)c2ccccc21. The van der Waals surface area contributed by atoms with E-state index in [2.05, 4.69) is 6.07 Å². The molecule has 0 fully saturated rings. The van der Waals surface area contributed by atoms with Gasteiger partial charge >= 0.3 is 0 Å². The van der Waals surface area contributed by atoms with Crippen molar-refractivity contribution in [1.29, 1.82) is 0 Å². The van der Waals surface area contributed by atoms with Crippen LogP contribution in [0.1, 0.15) is 29.2 Å². The second kappa shape index (κ2) is 6.32. The largest absolute Gasteiger partial charge is 0.377 e. The molecule has 0 radical (unpaired) electrons. The minimum absolute atomic E-state index is 0.0821. The molecular formula is C19H21NO2. The molecule has 0 saturated carbocycles. The fourth-order valence-corrected chi connectivity index (χ4v) is 3.10. The number of aryl methyl sites for hydroxylation is 1. The average Bonchev–Trinajstić information content (AvgIpc) is 2.56. The van der Waals surface area contributed by atoms with Gasteiger partial charge in [0.05, 0.1) is 12.5 Å². The van der Waals surface area contributed by atoms with E-state index in [0.29, 0.717) is 13.0 Å². The maximum absolute atomic E-state index is 12.8. The molecule has 1 atom stereocenters. The Bertz CT molecular complexity index is 681. The summed E-state index contributed by atoms with van der Waals surface area (Å²) in [5, 5.41) is 0. The Labute approximate surface area is 131 Å². The molecule has 0 aliphatic carbocycles. The molecule has 3 rings (SSSR count). The fraction of sp³-hybridized carbons (Fsp3) is 0.316. The van der Waals surface area contributed by atoms with Crippen LogP contribution >= 0.6 is 0 Å². The fourth-order valence-electron chi connectivity index (χ4n) is 3.10. The van der Waals surface area contributed by atoms with Crippen LogP contribution in [-0.2, 0) is 16.0 Å². The molecule has 0 bridgehead atoms.